The first-order valence-corrected chi connectivity index (χ1v) is 8.59. The molecule has 1 aliphatic carbocycles. The number of anilines is 1. The summed E-state index contributed by atoms with van der Waals surface area (Å²) < 4.78 is 5.23. The number of nitrogens with one attached hydrogen (secondary N) is 3. The fourth-order valence-corrected chi connectivity index (χ4v) is 2.66. The van der Waals surface area contributed by atoms with Crippen molar-refractivity contribution in [3.8, 4) is 11.5 Å². The van der Waals surface area contributed by atoms with Gasteiger partial charge >= 0.3 is 0 Å². The van der Waals surface area contributed by atoms with E-state index in [2.05, 4.69) is 15.6 Å². The van der Waals surface area contributed by atoms with E-state index in [1.807, 2.05) is 0 Å². The quantitative estimate of drug-likeness (QED) is 0.648. The highest BCUT2D eigenvalue weighted by atomic mass is 16.3. The molecule has 1 aromatic carbocycles. The maximum Gasteiger partial charge on any atom is 0.261 e. The Balaban J connectivity index is 1.50. The van der Waals surface area contributed by atoms with Gasteiger partial charge in [-0.1, -0.05) is 6.07 Å². The zero-order valence-electron chi connectivity index (χ0n) is 14.3. The Hall–Kier alpha value is -3.61. The summed E-state index contributed by atoms with van der Waals surface area (Å²) in [4.78, 5) is 39.4. The predicted octanol–water partition coefficient (Wildman–Crippen LogP) is 2.78. The fourth-order valence-electron chi connectivity index (χ4n) is 2.66. The molecule has 0 atom stereocenters. The minimum Gasteiger partial charge on any atom is -0.463 e. The van der Waals surface area contributed by atoms with Crippen LogP contribution in [0.5, 0.6) is 0 Å². The molecular formula is C20H17N3O4. The topological polar surface area (TPSA) is 104 Å². The molecule has 3 aromatic rings. The molecular weight excluding hydrogens is 346 g/mol. The predicted molar refractivity (Wildman–Crippen MR) is 99.6 cm³/mol. The maximum atomic E-state index is 12.4. The lowest BCUT2D eigenvalue weighted by molar-refractivity contribution is 0.0949. The Morgan fingerprint density at radius 3 is 2.59 bits per heavy atom. The summed E-state index contributed by atoms with van der Waals surface area (Å²) >= 11 is 0. The summed E-state index contributed by atoms with van der Waals surface area (Å²) in [5.41, 5.74) is 0.835. The van der Waals surface area contributed by atoms with E-state index in [0.717, 1.165) is 12.8 Å². The van der Waals surface area contributed by atoms with Crippen LogP contribution < -0.4 is 16.2 Å². The number of furan rings is 1. The number of H-pyrrole nitrogens is 1. The van der Waals surface area contributed by atoms with Crippen LogP contribution in [0.25, 0.3) is 11.5 Å². The fraction of sp³-hybridized carbons (Fsp3) is 0.150. The van der Waals surface area contributed by atoms with Crippen molar-refractivity contribution in [2.45, 2.75) is 18.9 Å². The van der Waals surface area contributed by atoms with Crippen LogP contribution in [-0.4, -0.2) is 22.8 Å². The van der Waals surface area contributed by atoms with Gasteiger partial charge in [-0.2, -0.15) is 0 Å². The second-order valence-electron chi connectivity index (χ2n) is 6.37. The number of rotatable bonds is 5. The average Bonchev–Trinajstić information content (AvgIpc) is 3.30. The van der Waals surface area contributed by atoms with Crippen molar-refractivity contribution in [2.24, 2.45) is 0 Å². The summed E-state index contributed by atoms with van der Waals surface area (Å²) in [5.74, 6) is -0.218. The highest BCUT2D eigenvalue weighted by Gasteiger charge is 2.24. The molecule has 4 rings (SSSR count). The van der Waals surface area contributed by atoms with Crippen molar-refractivity contribution >= 4 is 17.5 Å². The molecule has 0 bridgehead atoms. The van der Waals surface area contributed by atoms with E-state index < -0.39 is 11.5 Å². The van der Waals surface area contributed by atoms with Crippen molar-refractivity contribution in [3.63, 3.8) is 0 Å². The van der Waals surface area contributed by atoms with Gasteiger partial charge in [0.25, 0.3) is 17.4 Å². The molecule has 1 fully saturated rings. The molecule has 0 saturated heterocycles. The smallest absolute Gasteiger partial charge is 0.261 e. The molecule has 1 aliphatic rings. The van der Waals surface area contributed by atoms with Gasteiger partial charge in [0.05, 0.1) is 12.0 Å². The minimum atomic E-state index is -0.554. The molecule has 2 heterocycles. The third-order valence-electron chi connectivity index (χ3n) is 4.24. The van der Waals surface area contributed by atoms with Gasteiger partial charge in [-0.05, 0) is 55.3 Å². The number of benzene rings is 1. The number of carbonyl (C=O) groups is 2. The standard InChI is InChI=1S/C20H17N3O4/c24-18(21-13-6-7-13)12-3-1-4-14(11-12)22-19(25)15-8-9-16(23-20(15)26)17-5-2-10-27-17/h1-5,8-11,13H,6-7H2,(H,21,24)(H,22,25)(H,23,26). The lowest BCUT2D eigenvalue weighted by atomic mass is 10.1. The Kier molecular flexibility index (Phi) is 4.33. The van der Waals surface area contributed by atoms with Crippen molar-refractivity contribution in [2.75, 3.05) is 5.32 Å². The van der Waals surface area contributed by atoms with Gasteiger partial charge in [0.15, 0.2) is 0 Å². The van der Waals surface area contributed by atoms with Crippen LogP contribution in [0, 0.1) is 0 Å². The van der Waals surface area contributed by atoms with Crippen molar-refractivity contribution in [1.29, 1.82) is 0 Å². The molecule has 1 saturated carbocycles. The molecule has 0 radical (unpaired) electrons. The second-order valence-corrected chi connectivity index (χ2v) is 6.37. The summed E-state index contributed by atoms with van der Waals surface area (Å²) in [5, 5.41) is 5.55. The van der Waals surface area contributed by atoms with Crippen LogP contribution in [0.2, 0.25) is 0 Å². The highest BCUT2D eigenvalue weighted by molar-refractivity contribution is 6.05. The molecule has 2 amide bonds. The van der Waals surface area contributed by atoms with Crippen molar-refractivity contribution in [3.05, 3.63) is 76.3 Å². The third kappa shape index (κ3) is 3.82. The number of aromatic amines is 1. The first kappa shape index (κ1) is 16.8. The number of carbonyl (C=O) groups excluding carboxylic acids is 2. The summed E-state index contributed by atoms with van der Waals surface area (Å²) in [6.07, 6.45) is 3.50. The summed E-state index contributed by atoms with van der Waals surface area (Å²) in [7, 11) is 0. The van der Waals surface area contributed by atoms with Crippen LogP contribution in [0.4, 0.5) is 5.69 Å². The van der Waals surface area contributed by atoms with Gasteiger partial charge in [-0.15, -0.1) is 0 Å². The Labute approximate surface area is 154 Å². The number of hydrogen-bond acceptors (Lipinski definition) is 4. The lowest BCUT2D eigenvalue weighted by Gasteiger charge is -2.08. The minimum absolute atomic E-state index is 0.0295. The maximum absolute atomic E-state index is 12.4. The van der Waals surface area contributed by atoms with Crippen LogP contribution in [0.1, 0.15) is 33.6 Å². The van der Waals surface area contributed by atoms with E-state index in [9.17, 15) is 14.4 Å². The average molecular weight is 363 g/mol. The van der Waals surface area contributed by atoms with E-state index in [0.29, 0.717) is 22.7 Å². The number of hydrogen-bond donors (Lipinski definition) is 3. The van der Waals surface area contributed by atoms with Crippen LogP contribution in [0.15, 0.2) is 64.0 Å². The summed E-state index contributed by atoms with van der Waals surface area (Å²) in [6, 6.07) is 13.3. The molecule has 136 valence electrons. The first-order valence-electron chi connectivity index (χ1n) is 8.59. The third-order valence-corrected chi connectivity index (χ3v) is 4.24. The molecule has 7 heteroatoms. The molecule has 27 heavy (non-hydrogen) atoms. The second kappa shape index (κ2) is 6.95. The van der Waals surface area contributed by atoms with E-state index in [-0.39, 0.29) is 17.5 Å². The van der Waals surface area contributed by atoms with Gasteiger partial charge in [0.2, 0.25) is 0 Å². The van der Waals surface area contributed by atoms with Crippen LogP contribution in [-0.2, 0) is 0 Å². The van der Waals surface area contributed by atoms with Crippen LogP contribution >= 0.6 is 0 Å². The Morgan fingerprint density at radius 2 is 1.89 bits per heavy atom. The highest BCUT2D eigenvalue weighted by Crippen LogP contribution is 2.20. The molecule has 0 aliphatic heterocycles. The molecule has 3 N–H and O–H groups in total. The zero-order valence-corrected chi connectivity index (χ0v) is 14.3. The molecule has 7 nitrogen and oxygen atoms in total. The molecule has 0 spiro atoms. The largest absolute Gasteiger partial charge is 0.463 e. The van der Waals surface area contributed by atoms with E-state index in [4.69, 9.17) is 4.42 Å². The molecule has 2 aromatic heterocycles. The van der Waals surface area contributed by atoms with Crippen molar-refractivity contribution < 1.29 is 14.0 Å². The van der Waals surface area contributed by atoms with E-state index in [1.165, 1.54) is 12.3 Å². The van der Waals surface area contributed by atoms with Gasteiger partial charge < -0.3 is 20.0 Å². The monoisotopic (exact) mass is 363 g/mol. The van der Waals surface area contributed by atoms with Crippen LogP contribution in [0.3, 0.4) is 0 Å². The number of pyridine rings is 1. The molecule has 0 unspecified atom stereocenters. The zero-order chi connectivity index (χ0) is 18.8. The van der Waals surface area contributed by atoms with Gasteiger partial charge in [0.1, 0.15) is 11.3 Å². The SMILES string of the molecule is O=C(NC1CC1)c1cccc(NC(=O)c2ccc(-c3ccco3)[nH]c2=O)c1. The van der Waals surface area contributed by atoms with E-state index in [1.54, 1.807) is 42.5 Å². The normalized spacial score (nSPS) is 13.2. The Bertz CT molecular complexity index is 1050. The van der Waals surface area contributed by atoms with Gasteiger partial charge in [0, 0.05) is 17.3 Å². The van der Waals surface area contributed by atoms with Gasteiger partial charge in [-0.3, -0.25) is 14.4 Å². The van der Waals surface area contributed by atoms with Gasteiger partial charge in [-0.25, -0.2) is 0 Å². The lowest BCUT2D eigenvalue weighted by Crippen LogP contribution is -2.26. The Morgan fingerprint density at radius 1 is 1.04 bits per heavy atom. The summed E-state index contributed by atoms with van der Waals surface area (Å²) in [6.45, 7) is 0. The number of amides is 2. The number of aromatic nitrogens is 1. The first-order chi connectivity index (χ1) is 13.1. The van der Waals surface area contributed by atoms with Crippen molar-refractivity contribution in [1.82, 2.24) is 10.3 Å². The van der Waals surface area contributed by atoms with E-state index >= 15 is 0 Å².